The van der Waals surface area contributed by atoms with E-state index in [1.807, 2.05) is 13.1 Å². The third-order valence-corrected chi connectivity index (χ3v) is 3.70. The number of nitrogens with zero attached hydrogens (tertiary/aromatic N) is 1. The van der Waals surface area contributed by atoms with E-state index in [1.165, 1.54) is 30.5 Å². The van der Waals surface area contributed by atoms with E-state index < -0.39 is 0 Å². The van der Waals surface area contributed by atoms with Gasteiger partial charge in [0.05, 0.1) is 0 Å². The van der Waals surface area contributed by atoms with Crippen molar-refractivity contribution in [2.75, 3.05) is 13.1 Å². The molecule has 0 amide bonds. The van der Waals surface area contributed by atoms with Crippen LogP contribution in [-0.2, 0) is 0 Å². The molecule has 0 spiro atoms. The van der Waals surface area contributed by atoms with Gasteiger partial charge in [-0.15, -0.1) is 0 Å². The molecule has 2 bridgehead atoms. The van der Waals surface area contributed by atoms with E-state index in [1.54, 1.807) is 0 Å². The Morgan fingerprint density at radius 3 is 3.00 bits per heavy atom. The predicted molar refractivity (Wildman–Crippen MR) is 66.0 cm³/mol. The number of rotatable bonds is 1. The number of hydrogen-bond donors (Lipinski definition) is 1. The lowest BCUT2D eigenvalue weighted by atomic mass is 9.78. The van der Waals surface area contributed by atoms with Crippen LogP contribution < -0.4 is 5.32 Å². The monoisotopic (exact) mass is 214 g/mol. The van der Waals surface area contributed by atoms with Crippen LogP contribution in [0.4, 0.5) is 0 Å². The van der Waals surface area contributed by atoms with Gasteiger partial charge in [0, 0.05) is 18.4 Å². The van der Waals surface area contributed by atoms with Crippen molar-refractivity contribution in [1.82, 2.24) is 10.3 Å². The van der Waals surface area contributed by atoms with Gasteiger partial charge in [-0.25, -0.2) is 0 Å². The van der Waals surface area contributed by atoms with Gasteiger partial charge in [-0.3, -0.25) is 4.98 Å². The van der Waals surface area contributed by atoms with Crippen molar-refractivity contribution in [2.45, 2.75) is 19.8 Å². The number of piperidine rings is 1. The summed E-state index contributed by atoms with van der Waals surface area (Å²) in [4.78, 5) is 4.39. The lowest BCUT2D eigenvalue weighted by molar-refractivity contribution is 0.317. The van der Waals surface area contributed by atoms with Crippen LogP contribution in [0.25, 0.3) is 5.57 Å². The molecule has 0 aromatic carbocycles. The summed E-state index contributed by atoms with van der Waals surface area (Å²) in [5.74, 6) is 1.57. The second-order valence-electron chi connectivity index (χ2n) is 5.10. The first kappa shape index (κ1) is 10.0. The average Bonchev–Trinajstić information content (AvgIpc) is 2.29. The highest BCUT2D eigenvalue weighted by molar-refractivity contribution is 5.66. The first-order chi connectivity index (χ1) is 7.81. The quantitative estimate of drug-likeness (QED) is 0.776. The van der Waals surface area contributed by atoms with Gasteiger partial charge in [0.25, 0.3) is 0 Å². The Kier molecular flexibility index (Phi) is 2.52. The Hall–Kier alpha value is -1.15. The summed E-state index contributed by atoms with van der Waals surface area (Å²) in [7, 11) is 0. The highest BCUT2D eigenvalue weighted by Crippen LogP contribution is 2.35. The van der Waals surface area contributed by atoms with Gasteiger partial charge in [0.2, 0.25) is 0 Å². The summed E-state index contributed by atoms with van der Waals surface area (Å²) in [5, 5.41) is 3.51. The van der Waals surface area contributed by atoms with Gasteiger partial charge in [-0.05, 0) is 55.3 Å². The summed E-state index contributed by atoms with van der Waals surface area (Å²) in [5.41, 5.74) is 3.93. The number of nitrogens with one attached hydrogen (secondary N) is 1. The minimum absolute atomic E-state index is 0.740. The molecular formula is C14H18N2. The van der Waals surface area contributed by atoms with Crippen LogP contribution >= 0.6 is 0 Å². The van der Waals surface area contributed by atoms with E-state index in [4.69, 9.17) is 0 Å². The number of aryl methyl sites for hydroxylation is 1. The molecule has 2 aliphatic rings. The average molecular weight is 214 g/mol. The van der Waals surface area contributed by atoms with E-state index in [2.05, 4.69) is 28.5 Å². The predicted octanol–water partition coefficient (Wildman–Crippen LogP) is 2.40. The van der Waals surface area contributed by atoms with Gasteiger partial charge in [0.15, 0.2) is 0 Å². The summed E-state index contributed by atoms with van der Waals surface area (Å²) in [6.45, 7) is 4.38. The summed E-state index contributed by atoms with van der Waals surface area (Å²) in [6, 6.07) is 4.32. The Morgan fingerprint density at radius 2 is 2.25 bits per heavy atom. The number of pyridine rings is 1. The largest absolute Gasteiger partial charge is 0.316 e. The highest BCUT2D eigenvalue weighted by Gasteiger charge is 2.26. The minimum Gasteiger partial charge on any atom is -0.316 e. The van der Waals surface area contributed by atoms with Crippen LogP contribution in [-0.4, -0.2) is 18.1 Å². The van der Waals surface area contributed by atoms with Crippen LogP contribution in [0.1, 0.15) is 24.1 Å². The van der Waals surface area contributed by atoms with Crippen LogP contribution in [0.3, 0.4) is 0 Å². The van der Waals surface area contributed by atoms with Crippen LogP contribution in [0, 0.1) is 18.8 Å². The zero-order valence-corrected chi connectivity index (χ0v) is 9.74. The third-order valence-electron chi connectivity index (χ3n) is 3.70. The molecule has 1 saturated heterocycles. The van der Waals surface area contributed by atoms with Crippen LogP contribution in [0.15, 0.2) is 24.4 Å². The van der Waals surface area contributed by atoms with Gasteiger partial charge >= 0.3 is 0 Å². The molecular weight excluding hydrogens is 196 g/mol. The van der Waals surface area contributed by atoms with E-state index in [0.29, 0.717) is 0 Å². The van der Waals surface area contributed by atoms with Crippen LogP contribution in [0.5, 0.6) is 0 Å². The smallest absolute Gasteiger partial charge is 0.0373 e. The SMILES string of the molecule is Cc1ccc(C2=C[C@@H]3CNC[C@H](C2)C3)cn1. The second-order valence-corrected chi connectivity index (χ2v) is 5.10. The molecule has 1 aliphatic carbocycles. The standard InChI is InChI=1S/C14H18N2/c1-10-2-3-13(9-16-10)14-5-11-4-12(6-14)8-15-7-11/h2-3,5,9,11-12,15H,4,6-8H2,1H3/t11-,12+/m1/s1. The van der Waals surface area contributed by atoms with E-state index in [9.17, 15) is 0 Å². The fourth-order valence-corrected chi connectivity index (χ4v) is 2.89. The van der Waals surface area contributed by atoms with E-state index >= 15 is 0 Å². The Labute approximate surface area is 96.8 Å². The summed E-state index contributed by atoms with van der Waals surface area (Å²) in [6.07, 6.45) is 7.06. The maximum Gasteiger partial charge on any atom is 0.0373 e. The van der Waals surface area contributed by atoms with E-state index in [-0.39, 0.29) is 0 Å². The zero-order chi connectivity index (χ0) is 11.0. The third kappa shape index (κ3) is 1.90. The molecule has 2 nitrogen and oxygen atoms in total. The van der Waals surface area contributed by atoms with Gasteiger partial charge in [-0.2, -0.15) is 0 Å². The molecule has 0 radical (unpaired) electrons. The Bertz CT molecular complexity index is 405. The van der Waals surface area contributed by atoms with Crippen molar-refractivity contribution in [3.63, 3.8) is 0 Å². The molecule has 2 heterocycles. The first-order valence-electron chi connectivity index (χ1n) is 6.16. The molecule has 0 saturated carbocycles. The first-order valence-corrected chi connectivity index (χ1v) is 6.16. The molecule has 1 fully saturated rings. The fourth-order valence-electron chi connectivity index (χ4n) is 2.89. The van der Waals surface area contributed by atoms with Gasteiger partial charge in [0.1, 0.15) is 0 Å². The van der Waals surface area contributed by atoms with Crippen molar-refractivity contribution >= 4 is 5.57 Å². The van der Waals surface area contributed by atoms with Crippen molar-refractivity contribution in [3.05, 3.63) is 35.7 Å². The summed E-state index contributed by atoms with van der Waals surface area (Å²) >= 11 is 0. The Balaban J connectivity index is 1.89. The van der Waals surface area contributed by atoms with Crippen molar-refractivity contribution in [3.8, 4) is 0 Å². The molecule has 84 valence electrons. The molecule has 1 aromatic rings. The lowest BCUT2D eigenvalue weighted by Crippen LogP contribution is -2.37. The number of fused-ring (bicyclic) bond motifs is 2. The second kappa shape index (κ2) is 4.02. The molecule has 2 heteroatoms. The van der Waals surface area contributed by atoms with Crippen molar-refractivity contribution in [2.24, 2.45) is 11.8 Å². The van der Waals surface area contributed by atoms with Gasteiger partial charge < -0.3 is 5.32 Å². The Morgan fingerprint density at radius 1 is 1.31 bits per heavy atom. The maximum atomic E-state index is 4.39. The number of hydrogen-bond acceptors (Lipinski definition) is 2. The zero-order valence-electron chi connectivity index (χ0n) is 9.74. The molecule has 1 aromatic heterocycles. The highest BCUT2D eigenvalue weighted by atomic mass is 14.9. The van der Waals surface area contributed by atoms with Crippen molar-refractivity contribution in [1.29, 1.82) is 0 Å². The molecule has 16 heavy (non-hydrogen) atoms. The number of allylic oxidation sites excluding steroid dienone is 1. The topological polar surface area (TPSA) is 24.9 Å². The molecule has 0 unspecified atom stereocenters. The molecule has 1 N–H and O–H groups in total. The minimum atomic E-state index is 0.740. The molecule has 1 aliphatic heterocycles. The fraction of sp³-hybridized carbons (Fsp3) is 0.500. The normalized spacial score (nSPS) is 28.7. The van der Waals surface area contributed by atoms with Gasteiger partial charge in [-0.1, -0.05) is 12.1 Å². The summed E-state index contributed by atoms with van der Waals surface area (Å²) < 4.78 is 0. The van der Waals surface area contributed by atoms with Crippen LogP contribution in [0.2, 0.25) is 0 Å². The molecule has 2 atom stereocenters. The lowest BCUT2D eigenvalue weighted by Gasteiger charge is -2.34. The van der Waals surface area contributed by atoms with E-state index in [0.717, 1.165) is 24.1 Å². The number of aromatic nitrogens is 1. The molecule has 3 rings (SSSR count). The maximum absolute atomic E-state index is 4.39. The van der Waals surface area contributed by atoms with Crippen molar-refractivity contribution < 1.29 is 0 Å².